The molecule has 0 radical (unpaired) electrons. The van der Waals surface area contributed by atoms with Crippen LogP contribution >= 0.6 is 27.7 Å². The molecule has 1 saturated heterocycles. The molecule has 1 unspecified atom stereocenters. The third-order valence-corrected chi connectivity index (χ3v) is 5.13. The van der Waals surface area contributed by atoms with Gasteiger partial charge < -0.3 is 5.32 Å². The summed E-state index contributed by atoms with van der Waals surface area (Å²) in [6.07, 6.45) is 1.29. The van der Waals surface area contributed by atoms with Gasteiger partial charge in [-0.25, -0.2) is 0 Å². The van der Waals surface area contributed by atoms with Crippen LogP contribution in [0.5, 0.6) is 0 Å². The summed E-state index contributed by atoms with van der Waals surface area (Å²) in [6, 6.07) is 0.678. The fourth-order valence-electron chi connectivity index (χ4n) is 1.97. The molecule has 1 fully saturated rings. The predicted molar refractivity (Wildman–Crippen MR) is 72.9 cm³/mol. The van der Waals surface area contributed by atoms with Crippen molar-refractivity contribution in [1.29, 1.82) is 0 Å². The van der Waals surface area contributed by atoms with E-state index in [1.807, 2.05) is 18.7 Å². The monoisotopic (exact) mass is 303 g/mol. The van der Waals surface area contributed by atoms with Gasteiger partial charge in [0, 0.05) is 24.9 Å². The van der Waals surface area contributed by atoms with Crippen molar-refractivity contribution < 1.29 is 0 Å². The van der Waals surface area contributed by atoms with Crippen molar-refractivity contribution in [1.82, 2.24) is 15.1 Å². The van der Waals surface area contributed by atoms with Gasteiger partial charge in [0.05, 0.1) is 15.9 Å². The summed E-state index contributed by atoms with van der Waals surface area (Å²) in [5, 5.41) is 8.11. The zero-order valence-corrected chi connectivity index (χ0v) is 12.2. The zero-order chi connectivity index (χ0) is 11.5. The molecular formula is C11H18BrN3S. The highest BCUT2D eigenvalue weighted by Gasteiger charge is 2.17. The van der Waals surface area contributed by atoms with Gasteiger partial charge in [0.25, 0.3) is 0 Å². The first-order valence-corrected chi connectivity index (χ1v) is 7.70. The second-order valence-electron chi connectivity index (χ2n) is 4.10. The minimum absolute atomic E-state index is 0.678. The molecular weight excluding hydrogens is 286 g/mol. The predicted octanol–water partition coefficient (Wildman–Crippen LogP) is 2.57. The Morgan fingerprint density at radius 2 is 2.44 bits per heavy atom. The van der Waals surface area contributed by atoms with E-state index in [4.69, 9.17) is 0 Å². The third-order valence-electron chi connectivity index (χ3n) is 2.94. The summed E-state index contributed by atoms with van der Waals surface area (Å²) in [7, 11) is 0. The smallest absolute Gasteiger partial charge is 0.0739 e. The van der Waals surface area contributed by atoms with Gasteiger partial charge in [-0.2, -0.15) is 16.9 Å². The van der Waals surface area contributed by atoms with Gasteiger partial charge in [-0.3, -0.25) is 4.68 Å². The Balaban J connectivity index is 2.01. The highest BCUT2D eigenvalue weighted by molar-refractivity contribution is 9.10. The van der Waals surface area contributed by atoms with E-state index < -0.39 is 0 Å². The molecule has 1 N–H and O–H groups in total. The first-order valence-electron chi connectivity index (χ1n) is 5.75. The van der Waals surface area contributed by atoms with Crippen LogP contribution in [-0.2, 0) is 13.1 Å². The zero-order valence-electron chi connectivity index (χ0n) is 9.79. The third kappa shape index (κ3) is 2.63. The minimum Gasteiger partial charge on any atom is -0.307 e. The number of rotatable bonds is 4. The molecule has 0 bridgehead atoms. The van der Waals surface area contributed by atoms with E-state index in [9.17, 15) is 0 Å². The molecule has 2 rings (SSSR count). The van der Waals surface area contributed by atoms with Crippen LogP contribution in [0.1, 0.15) is 24.7 Å². The van der Waals surface area contributed by atoms with E-state index in [1.54, 1.807) is 0 Å². The van der Waals surface area contributed by atoms with E-state index in [1.165, 1.54) is 23.6 Å². The lowest BCUT2D eigenvalue weighted by atomic mass is 10.2. The van der Waals surface area contributed by atoms with Crippen LogP contribution in [0.3, 0.4) is 0 Å². The molecule has 90 valence electrons. The summed E-state index contributed by atoms with van der Waals surface area (Å²) in [4.78, 5) is 0. The lowest BCUT2D eigenvalue weighted by Crippen LogP contribution is -2.29. The summed E-state index contributed by atoms with van der Waals surface area (Å²) in [5.41, 5.74) is 2.36. The second kappa shape index (κ2) is 5.56. The fraction of sp³-hybridized carbons (Fsp3) is 0.727. The SMILES string of the molecule is CCn1nc(C)c(Br)c1CNC1CCSC1. The van der Waals surface area contributed by atoms with Crippen molar-refractivity contribution >= 4 is 27.7 Å². The van der Waals surface area contributed by atoms with Crippen molar-refractivity contribution in [3.63, 3.8) is 0 Å². The molecule has 1 aliphatic rings. The van der Waals surface area contributed by atoms with Crippen LogP contribution < -0.4 is 5.32 Å². The number of aromatic nitrogens is 2. The van der Waals surface area contributed by atoms with E-state index >= 15 is 0 Å². The Morgan fingerprint density at radius 1 is 1.62 bits per heavy atom. The van der Waals surface area contributed by atoms with Crippen LogP contribution in [0.4, 0.5) is 0 Å². The van der Waals surface area contributed by atoms with E-state index in [-0.39, 0.29) is 0 Å². The molecule has 0 aromatic carbocycles. The fourth-order valence-corrected chi connectivity index (χ4v) is 3.59. The number of hydrogen-bond acceptors (Lipinski definition) is 3. The molecule has 1 aromatic rings. The van der Waals surface area contributed by atoms with Crippen LogP contribution in [0.15, 0.2) is 4.47 Å². The van der Waals surface area contributed by atoms with Gasteiger partial charge in [-0.1, -0.05) is 0 Å². The van der Waals surface area contributed by atoms with Gasteiger partial charge in [-0.15, -0.1) is 0 Å². The van der Waals surface area contributed by atoms with Crippen molar-refractivity contribution in [3.8, 4) is 0 Å². The Bertz CT molecular complexity index is 358. The van der Waals surface area contributed by atoms with Crippen molar-refractivity contribution in [2.45, 2.75) is 39.4 Å². The maximum atomic E-state index is 4.50. The molecule has 3 nitrogen and oxygen atoms in total. The number of aryl methyl sites for hydroxylation is 2. The highest BCUT2D eigenvalue weighted by Crippen LogP contribution is 2.22. The first kappa shape index (κ1) is 12.5. The number of hydrogen-bond donors (Lipinski definition) is 1. The van der Waals surface area contributed by atoms with Gasteiger partial charge in [-0.05, 0) is 42.0 Å². The van der Waals surface area contributed by atoms with Crippen LogP contribution in [0, 0.1) is 6.92 Å². The van der Waals surface area contributed by atoms with E-state index in [0.717, 1.165) is 23.3 Å². The Kier molecular flexibility index (Phi) is 4.33. The maximum Gasteiger partial charge on any atom is 0.0739 e. The normalized spacial score (nSPS) is 20.6. The van der Waals surface area contributed by atoms with Crippen molar-refractivity contribution in [3.05, 3.63) is 15.9 Å². The minimum atomic E-state index is 0.678. The molecule has 5 heteroatoms. The average molecular weight is 304 g/mol. The summed E-state index contributed by atoms with van der Waals surface area (Å²) < 4.78 is 3.24. The highest BCUT2D eigenvalue weighted by atomic mass is 79.9. The van der Waals surface area contributed by atoms with E-state index in [0.29, 0.717) is 6.04 Å². The summed E-state index contributed by atoms with van der Waals surface area (Å²) in [5.74, 6) is 2.54. The Morgan fingerprint density at radius 3 is 3.06 bits per heavy atom. The average Bonchev–Trinajstić information content (AvgIpc) is 2.87. The van der Waals surface area contributed by atoms with Crippen LogP contribution in [0.25, 0.3) is 0 Å². The standard InChI is InChI=1S/C11H18BrN3S/c1-3-15-10(11(12)8(2)14-15)6-13-9-4-5-16-7-9/h9,13H,3-7H2,1-2H3. The van der Waals surface area contributed by atoms with Gasteiger partial charge in [0.2, 0.25) is 0 Å². The molecule has 2 heterocycles. The molecule has 0 amide bonds. The molecule has 16 heavy (non-hydrogen) atoms. The van der Waals surface area contributed by atoms with Crippen molar-refractivity contribution in [2.75, 3.05) is 11.5 Å². The number of nitrogens with zero attached hydrogens (tertiary/aromatic N) is 2. The number of nitrogens with one attached hydrogen (secondary N) is 1. The molecule has 0 spiro atoms. The lowest BCUT2D eigenvalue weighted by Gasteiger charge is -2.12. The number of halogens is 1. The van der Waals surface area contributed by atoms with Crippen molar-refractivity contribution in [2.24, 2.45) is 0 Å². The molecule has 1 atom stereocenters. The molecule has 1 aromatic heterocycles. The topological polar surface area (TPSA) is 29.9 Å². The molecule has 1 aliphatic heterocycles. The Labute approximate surface area is 109 Å². The molecule has 0 aliphatic carbocycles. The molecule has 0 saturated carbocycles. The number of thioether (sulfide) groups is 1. The quantitative estimate of drug-likeness (QED) is 0.927. The largest absolute Gasteiger partial charge is 0.307 e. The Hall–Kier alpha value is -0.0000000000000000555. The van der Waals surface area contributed by atoms with E-state index in [2.05, 4.69) is 38.0 Å². The van der Waals surface area contributed by atoms with Gasteiger partial charge >= 0.3 is 0 Å². The first-order chi connectivity index (χ1) is 7.72. The van der Waals surface area contributed by atoms with Crippen LogP contribution in [0.2, 0.25) is 0 Å². The maximum absolute atomic E-state index is 4.50. The summed E-state index contributed by atoms with van der Waals surface area (Å²) >= 11 is 5.66. The summed E-state index contributed by atoms with van der Waals surface area (Å²) in [6.45, 7) is 6.03. The van der Waals surface area contributed by atoms with Gasteiger partial charge in [0.1, 0.15) is 0 Å². The second-order valence-corrected chi connectivity index (χ2v) is 6.05. The van der Waals surface area contributed by atoms with Crippen LogP contribution in [-0.4, -0.2) is 27.3 Å². The lowest BCUT2D eigenvalue weighted by molar-refractivity contribution is 0.521. The van der Waals surface area contributed by atoms with Gasteiger partial charge in [0.15, 0.2) is 0 Å².